The molecule has 166 valence electrons. The molecule has 32 heavy (non-hydrogen) atoms. The van der Waals surface area contributed by atoms with Crippen molar-refractivity contribution in [1.82, 2.24) is 10.2 Å². The summed E-state index contributed by atoms with van der Waals surface area (Å²) in [6.07, 6.45) is 1.67. The number of rotatable bonds is 8. The number of aliphatic carboxylic acids is 1. The number of nitriles is 1. The summed E-state index contributed by atoms with van der Waals surface area (Å²) < 4.78 is 6.46. The Hall–Kier alpha value is -3.13. The number of benzene rings is 2. The van der Waals surface area contributed by atoms with Crippen LogP contribution in [0, 0.1) is 14.9 Å². The summed E-state index contributed by atoms with van der Waals surface area (Å²) in [4.78, 5) is 38.1. The van der Waals surface area contributed by atoms with Crippen LogP contribution in [0.4, 0.5) is 0 Å². The first-order chi connectivity index (χ1) is 15.4. The Bertz CT molecular complexity index is 1040. The van der Waals surface area contributed by atoms with Crippen LogP contribution in [0.25, 0.3) is 0 Å². The monoisotopic (exact) mass is 547 g/mol. The van der Waals surface area contributed by atoms with E-state index >= 15 is 0 Å². The molecule has 0 unspecified atom stereocenters. The topological polar surface area (TPSA) is 120 Å². The van der Waals surface area contributed by atoms with Crippen molar-refractivity contribution in [3.63, 3.8) is 0 Å². The van der Waals surface area contributed by atoms with Gasteiger partial charge in [0.15, 0.2) is 0 Å². The van der Waals surface area contributed by atoms with Crippen LogP contribution < -0.4 is 10.1 Å². The maximum absolute atomic E-state index is 12.7. The standard InChI is InChI=1S/C23H22IN3O5/c24-19-8-3-15(13-25)11-20(19)32-14-18(12-21(28)29)26-22(30)16-4-6-17(7-5-16)23(31)27-9-1-2-10-27/h3-8,11,18H,1-2,9-10,12,14H2,(H,26,30)(H,28,29)/t18-/m1/s1. The average Bonchev–Trinajstić information content (AvgIpc) is 3.32. The zero-order valence-electron chi connectivity index (χ0n) is 17.2. The molecule has 3 rings (SSSR count). The number of nitrogens with zero attached hydrogens (tertiary/aromatic N) is 2. The predicted molar refractivity (Wildman–Crippen MR) is 124 cm³/mol. The van der Waals surface area contributed by atoms with Gasteiger partial charge in [-0.3, -0.25) is 14.4 Å². The van der Waals surface area contributed by atoms with Crippen LogP contribution in [-0.2, 0) is 4.79 Å². The molecular weight excluding hydrogens is 525 g/mol. The van der Waals surface area contributed by atoms with Crippen molar-refractivity contribution < 1.29 is 24.2 Å². The number of carboxylic acids is 1. The molecule has 1 aliphatic heterocycles. The van der Waals surface area contributed by atoms with E-state index in [1.54, 1.807) is 47.4 Å². The van der Waals surface area contributed by atoms with E-state index in [4.69, 9.17) is 10.00 Å². The average molecular weight is 547 g/mol. The summed E-state index contributed by atoms with van der Waals surface area (Å²) in [5, 5.41) is 20.9. The molecule has 8 nitrogen and oxygen atoms in total. The third-order valence-electron chi connectivity index (χ3n) is 5.04. The lowest BCUT2D eigenvalue weighted by Gasteiger charge is -2.19. The van der Waals surface area contributed by atoms with Gasteiger partial charge in [-0.15, -0.1) is 0 Å². The third kappa shape index (κ3) is 6.20. The van der Waals surface area contributed by atoms with Crippen LogP contribution in [-0.4, -0.2) is 53.5 Å². The highest BCUT2D eigenvalue weighted by molar-refractivity contribution is 14.1. The minimum absolute atomic E-state index is 0.0548. The van der Waals surface area contributed by atoms with E-state index in [0.717, 1.165) is 29.5 Å². The Morgan fingerprint density at radius 3 is 2.41 bits per heavy atom. The number of nitrogens with one attached hydrogen (secondary N) is 1. The second-order valence-corrected chi connectivity index (χ2v) is 8.58. The molecular formula is C23H22IN3O5. The van der Waals surface area contributed by atoms with E-state index in [0.29, 0.717) is 22.4 Å². The molecule has 2 amide bonds. The quantitative estimate of drug-likeness (QED) is 0.491. The molecule has 1 saturated heterocycles. The maximum Gasteiger partial charge on any atom is 0.305 e. The molecule has 0 spiro atoms. The highest BCUT2D eigenvalue weighted by Gasteiger charge is 2.21. The molecule has 0 radical (unpaired) electrons. The van der Waals surface area contributed by atoms with Crippen molar-refractivity contribution in [3.05, 3.63) is 62.7 Å². The van der Waals surface area contributed by atoms with Gasteiger partial charge in [0, 0.05) is 24.2 Å². The van der Waals surface area contributed by atoms with Crippen LogP contribution in [0.2, 0.25) is 0 Å². The summed E-state index contributed by atoms with van der Waals surface area (Å²) in [5.41, 5.74) is 1.25. The number of ether oxygens (including phenoxy) is 1. The van der Waals surface area contributed by atoms with Crippen LogP contribution in [0.5, 0.6) is 5.75 Å². The number of halogens is 1. The first-order valence-electron chi connectivity index (χ1n) is 10.1. The van der Waals surface area contributed by atoms with Gasteiger partial charge in [-0.2, -0.15) is 5.26 Å². The maximum atomic E-state index is 12.7. The fraction of sp³-hybridized carbons (Fsp3) is 0.304. The minimum Gasteiger partial charge on any atom is -0.490 e. The molecule has 2 aromatic rings. The largest absolute Gasteiger partial charge is 0.490 e. The number of hydrogen-bond acceptors (Lipinski definition) is 5. The smallest absolute Gasteiger partial charge is 0.305 e. The second-order valence-electron chi connectivity index (χ2n) is 7.41. The number of carbonyl (C=O) groups excluding carboxylic acids is 2. The molecule has 1 atom stereocenters. The summed E-state index contributed by atoms with van der Waals surface area (Å²) in [6.45, 7) is 1.41. The van der Waals surface area contributed by atoms with E-state index in [1.807, 2.05) is 6.07 Å². The van der Waals surface area contributed by atoms with Gasteiger partial charge in [0.25, 0.3) is 11.8 Å². The lowest BCUT2D eigenvalue weighted by atomic mass is 10.1. The first kappa shape index (κ1) is 23.5. The lowest BCUT2D eigenvalue weighted by Crippen LogP contribution is -2.40. The lowest BCUT2D eigenvalue weighted by molar-refractivity contribution is -0.137. The molecule has 0 bridgehead atoms. The molecule has 1 heterocycles. The zero-order chi connectivity index (χ0) is 23.1. The van der Waals surface area contributed by atoms with E-state index in [-0.39, 0.29) is 18.9 Å². The number of carboxylic acid groups (broad SMARTS) is 1. The SMILES string of the molecule is N#Cc1ccc(I)c(OC[C@@H](CC(=O)O)NC(=O)c2ccc(C(=O)N3CCCC3)cc2)c1. The van der Waals surface area contributed by atoms with Gasteiger partial charge in [0.1, 0.15) is 12.4 Å². The highest BCUT2D eigenvalue weighted by atomic mass is 127. The summed E-state index contributed by atoms with van der Waals surface area (Å²) in [5.74, 6) is -1.15. The van der Waals surface area contributed by atoms with Gasteiger partial charge in [0.2, 0.25) is 0 Å². The first-order valence-corrected chi connectivity index (χ1v) is 11.2. The van der Waals surface area contributed by atoms with Crippen molar-refractivity contribution in [1.29, 1.82) is 5.26 Å². The summed E-state index contributed by atoms with van der Waals surface area (Å²) >= 11 is 2.05. The van der Waals surface area contributed by atoms with Crippen LogP contribution in [0.1, 0.15) is 45.5 Å². The van der Waals surface area contributed by atoms with Gasteiger partial charge < -0.3 is 20.1 Å². The van der Waals surface area contributed by atoms with Gasteiger partial charge in [0.05, 0.1) is 27.7 Å². The highest BCUT2D eigenvalue weighted by Crippen LogP contribution is 2.22. The zero-order valence-corrected chi connectivity index (χ0v) is 19.4. The van der Waals surface area contributed by atoms with Crippen molar-refractivity contribution in [3.8, 4) is 11.8 Å². The Kier molecular flexibility index (Phi) is 8.05. The number of carbonyl (C=O) groups is 3. The van der Waals surface area contributed by atoms with Crippen LogP contribution >= 0.6 is 22.6 Å². The minimum atomic E-state index is -1.08. The molecule has 0 aromatic heterocycles. The molecule has 2 aromatic carbocycles. The van der Waals surface area contributed by atoms with Gasteiger partial charge in [-0.05, 0) is 77.9 Å². The van der Waals surface area contributed by atoms with Crippen molar-refractivity contribution >= 4 is 40.4 Å². The second kappa shape index (κ2) is 10.9. The molecule has 9 heteroatoms. The third-order valence-corrected chi connectivity index (χ3v) is 5.94. The molecule has 0 saturated carbocycles. The van der Waals surface area contributed by atoms with Crippen molar-refractivity contribution in [2.75, 3.05) is 19.7 Å². The van der Waals surface area contributed by atoms with Gasteiger partial charge in [-0.25, -0.2) is 0 Å². The van der Waals surface area contributed by atoms with Gasteiger partial charge >= 0.3 is 5.97 Å². The van der Waals surface area contributed by atoms with Crippen molar-refractivity contribution in [2.24, 2.45) is 0 Å². The Morgan fingerprint density at radius 1 is 1.12 bits per heavy atom. The molecule has 1 fully saturated rings. The van der Waals surface area contributed by atoms with E-state index in [1.165, 1.54) is 0 Å². The Morgan fingerprint density at radius 2 is 1.78 bits per heavy atom. The van der Waals surface area contributed by atoms with Crippen molar-refractivity contribution in [2.45, 2.75) is 25.3 Å². The molecule has 1 aliphatic rings. The number of hydrogen-bond donors (Lipinski definition) is 2. The van der Waals surface area contributed by atoms with E-state index in [9.17, 15) is 19.5 Å². The number of amides is 2. The number of likely N-dealkylation sites (tertiary alicyclic amines) is 1. The van der Waals surface area contributed by atoms with E-state index < -0.39 is 17.9 Å². The fourth-order valence-corrected chi connectivity index (χ4v) is 3.86. The normalized spacial score (nSPS) is 13.8. The van der Waals surface area contributed by atoms with Crippen LogP contribution in [0.15, 0.2) is 42.5 Å². The van der Waals surface area contributed by atoms with E-state index in [2.05, 4.69) is 27.9 Å². The Balaban J connectivity index is 1.64. The molecule has 2 N–H and O–H groups in total. The molecule has 0 aliphatic carbocycles. The van der Waals surface area contributed by atoms with Crippen LogP contribution in [0.3, 0.4) is 0 Å². The summed E-state index contributed by atoms with van der Waals surface area (Å²) in [7, 11) is 0. The summed E-state index contributed by atoms with van der Waals surface area (Å²) in [6, 6.07) is 12.5. The Labute approximate surface area is 199 Å². The fourth-order valence-electron chi connectivity index (χ4n) is 3.37. The van der Waals surface area contributed by atoms with Gasteiger partial charge in [-0.1, -0.05) is 0 Å². The predicted octanol–water partition coefficient (Wildman–Crippen LogP) is 3.05.